The largest absolute Gasteiger partial charge is 0.481 e. The number of carboxylic acids is 1. The molecule has 3 rings (SSSR count). The molecule has 0 saturated carbocycles. The van der Waals surface area contributed by atoms with Crippen LogP contribution in [0.5, 0.6) is 0 Å². The van der Waals surface area contributed by atoms with E-state index in [9.17, 15) is 14.7 Å². The van der Waals surface area contributed by atoms with Gasteiger partial charge in [0.25, 0.3) is 0 Å². The van der Waals surface area contributed by atoms with E-state index in [-0.39, 0.29) is 5.91 Å². The summed E-state index contributed by atoms with van der Waals surface area (Å²) < 4.78 is 0. The number of thioether (sulfide) groups is 1. The van der Waals surface area contributed by atoms with Crippen molar-refractivity contribution in [3.8, 4) is 0 Å². The maximum Gasteiger partial charge on any atom is 0.307 e. The van der Waals surface area contributed by atoms with Crippen LogP contribution in [0.15, 0.2) is 10.9 Å². The van der Waals surface area contributed by atoms with E-state index >= 15 is 0 Å². The number of rotatable bonds is 4. The monoisotopic (exact) mass is 368 g/mol. The highest BCUT2D eigenvalue weighted by molar-refractivity contribution is 8.03. The summed E-state index contributed by atoms with van der Waals surface area (Å²) in [6.45, 7) is 4.54. The Labute approximate surface area is 148 Å². The van der Waals surface area contributed by atoms with E-state index in [0.29, 0.717) is 13.0 Å². The number of carbonyl (C=O) groups excluding carboxylic acids is 1. The number of amides is 1. The third-order valence-electron chi connectivity index (χ3n) is 4.20. The van der Waals surface area contributed by atoms with Gasteiger partial charge in [0.05, 0.1) is 27.7 Å². The number of likely N-dealkylation sites (tertiary alicyclic amines) is 1. The lowest BCUT2D eigenvalue weighted by Gasteiger charge is -2.44. The molecule has 0 aliphatic carbocycles. The van der Waals surface area contributed by atoms with Crippen molar-refractivity contribution in [3.05, 3.63) is 21.5 Å². The second-order valence-corrected chi connectivity index (χ2v) is 7.91. The average Bonchev–Trinajstić information content (AvgIpc) is 3.14. The van der Waals surface area contributed by atoms with Crippen LogP contribution in [0.25, 0.3) is 5.70 Å². The Kier molecular flexibility index (Phi) is 4.84. The molecule has 130 valence electrons. The topological polar surface area (TPSA) is 94.6 Å². The van der Waals surface area contributed by atoms with Crippen LogP contribution < -0.4 is 10.6 Å². The van der Waals surface area contributed by atoms with Crippen LogP contribution in [0.1, 0.15) is 30.3 Å². The molecule has 1 aromatic heterocycles. The summed E-state index contributed by atoms with van der Waals surface area (Å²) in [5.74, 6) is -1.36. The van der Waals surface area contributed by atoms with Crippen molar-refractivity contribution >= 4 is 40.7 Å². The molecular formula is C15H20N4O3S2. The van der Waals surface area contributed by atoms with Crippen molar-refractivity contribution in [2.75, 3.05) is 13.1 Å². The lowest BCUT2D eigenvalue weighted by molar-refractivity contribution is -0.144. The van der Waals surface area contributed by atoms with Crippen LogP contribution in [0.2, 0.25) is 0 Å². The minimum Gasteiger partial charge on any atom is -0.481 e. The van der Waals surface area contributed by atoms with Gasteiger partial charge < -0.3 is 15.7 Å². The molecule has 1 saturated heterocycles. The van der Waals surface area contributed by atoms with E-state index in [4.69, 9.17) is 0 Å². The number of nitrogens with zero attached hydrogens (tertiary/aromatic N) is 2. The first-order valence-corrected chi connectivity index (χ1v) is 9.50. The molecule has 3 N–H and O–H groups in total. The van der Waals surface area contributed by atoms with E-state index in [1.165, 1.54) is 30.0 Å². The van der Waals surface area contributed by atoms with Gasteiger partial charge in [-0.3, -0.25) is 14.5 Å². The van der Waals surface area contributed by atoms with Gasteiger partial charge in [-0.25, -0.2) is 4.98 Å². The van der Waals surface area contributed by atoms with Crippen molar-refractivity contribution in [2.45, 2.75) is 31.8 Å². The van der Waals surface area contributed by atoms with Gasteiger partial charge in [0.1, 0.15) is 0 Å². The Bertz CT molecular complexity index is 690. The summed E-state index contributed by atoms with van der Waals surface area (Å²) in [5.41, 5.74) is 3.63. The third-order valence-corrected chi connectivity index (χ3v) is 6.32. The first kappa shape index (κ1) is 17.2. The van der Waals surface area contributed by atoms with Gasteiger partial charge in [-0.1, -0.05) is 11.8 Å². The number of aromatic nitrogens is 1. The zero-order valence-electron chi connectivity index (χ0n) is 13.5. The quantitative estimate of drug-likeness (QED) is 0.743. The molecule has 24 heavy (non-hydrogen) atoms. The minimum atomic E-state index is -0.842. The van der Waals surface area contributed by atoms with E-state index in [1.807, 2.05) is 17.2 Å². The van der Waals surface area contributed by atoms with Gasteiger partial charge in [0, 0.05) is 25.4 Å². The Morgan fingerprint density at radius 1 is 1.54 bits per heavy atom. The zero-order valence-corrected chi connectivity index (χ0v) is 15.2. The van der Waals surface area contributed by atoms with Crippen LogP contribution in [-0.2, 0) is 9.59 Å². The second-order valence-electron chi connectivity index (χ2n) is 5.99. The van der Waals surface area contributed by atoms with Gasteiger partial charge in [-0.05, 0) is 19.8 Å². The molecule has 0 bridgehead atoms. The Balaban J connectivity index is 1.84. The standard InChI is InChI=1S/C15H20N4O3S2/c1-9-13(23-8-16-9)12-7-24-15(18-12,17-10(2)20)19-5-3-4-11(6-19)14(21)22/h7-8,11,18H,3-6H2,1-2H3,(H,17,20)(H,21,22). The minimum absolute atomic E-state index is 0.164. The fourth-order valence-corrected chi connectivity index (χ4v) is 5.06. The molecule has 0 radical (unpaired) electrons. The highest BCUT2D eigenvalue weighted by atomic mass is 32.2. The van der Waals surface area contributed by atoms with Crippen molar-refractivity contribution in [1.82, 2.24) is 20.5 Å². The van der Waals surface area contributed by atoms with Crippen LogP contribution in [-0.4, -0.2) is 45.1 Å². The molecule has 1 aromatic rings. The van der Waals surface area contributed by atoms with Crippen molar-refractivity contribution in [1.29, 1.82) is 0 Å². The molecule has 3 heterocycles. The molecule has 1 amide bonds. The van der Waals surface area contributed by atoms with Crippen LogP contribution in [0.4, 0.5) is 0 Å². The van der Waals surface area contributed by atoms with Crippen LogP contribution >= 0.6 is 23.1 Å². The molecule has 0 spiro atoms. The van der Waals surface area contributed by atoms with Gasteiger partial charge in [-0.2, -0.15) is 0 Å². The molecule has 9 heteroatoms. The molecule has 2 aliphatic heterocycles. The highest BCUT2D eigenvalue weighted by Crippen LogP contribution is 2.40. The van der Waals surface area contributed by atoms with E-state index in [2.05, 4.69) is 15.6 Å². The maximum absolute atomic E-state index is 11.8. The van der Waals surface area contributed by atoms with Gasteiger partial charge in [0.2, 0.25) is 11.0 Å². The van der Waals surface area contributed by atoms with Crippen LogP contribution in [0.3, 0.4) is 0 Å². The predicted molar refractivity (Wildman–Crippen MR) is 94.0 cm³/mol. The summed E-state index contributed by atoms with van der Waals surface area (Å²) in [5, 5.41) is 16.9. The number of hydrogen-bond acceptors (Lipinski definition) is 7. The number of aryl methyl sites for hydroxylation is 1. The van der Waals surface area contributed by atoms with Crippen molar-refractivity contribution in [3.63, 3.8) is 0 Å². The Hall–Kier alpha value is -1.58. The molecule has 2 atom stereocenters. The second kappa shape index (κ2) is 6.73. The zero-order chi connectivity index (χ0) is 17.3. The maximum atomic E-state index is 11.8. The van der Waals surface area contributed by atoms with Gasteiger partial charge in [0.15, 0.2) is 0 Å². The summed E-state index contributed by atoms with van der Waals surface area (Å²) >= 11 is 3.00. The Morgan fingerprint density at radius 2 is 2.33 bits per heavy atom. The average molecular weight is 368 g/mol. The number of aliphatic carboxylic acids is 1. The normalized spacial score (nSPS) is 27.4. The van der Waals surface area contributed by atoms with Crippen LogP contribution in [0, 0.1) is 12.8 Å². The van der Waals surface area contributed by atoms with Crippen molar-refractivity contribution in [2.24, 2.45) is 5.92 Å². The Morgan fingerprint density at radius 3 is 2.96 bits per heavy atom. The highest BCUT2D eigenvalue weighted by Gasteiger charge is 2.45. The summed E-state index contributed by atoms with van der Waals surface area (Å²) in [7, 11) is 0. The number of carboxylic acid groups (broad SMARTS) is 1. The molecule has 1 fully saturated rings. The number of carbonyl (C=O) groups is 2. The lowest BCUT2D eigenvalue weighted by atomic mass is 9.98. The SMILES string of the molecule is CC(=O)NC1(N2CCCC(C(=O)O)C2)NC(c2scnc2C)=CS1. The van der Waals surface area contributed by atoms with E-state index in [1.54, 1.807) is 5.51 Å². The number of piperidine rings is 1. The number of hydrogen-bond donors (Lipinski definition) is 3. The first-order chi connectivity index (χ1) is 11.4. The number of nitrogens with one attached hydrogen (secondary N) is 2. The summed E-state index contributed by atoms with van der Waals surface area (Å²) in [4.78, 5) is 30.5. The molecule has 2 unspecified atom stereocenters. The van der Waals surface area contributed by atoms with Gasteiger partial charge >= 0.3 is 5.97 Å². The lowest BCUT2D eigenvalue weighted by Crippen LogP contribution is -2.66. The van der Waals surface area contributed by atoms with Crippen molar-refractivity contribution < 1.29 is 14.7 Å². The molecular weight excluding hydrogens is 348 g/mol. The van der Waals surface area contributed by atoms with E-state index < -0.39 is 17.0 Å². The fraction of sp³-hybridized carbons (Fsp3) is 0.533. The smallest absolute Gasteiger partial charge is 0.307 e. The number of thiazole rings is 1. The predicted octanol–water partition coefficient (Wildman–Crippen LogP) is 1.63. The molecule has 7 nitrogen and oxygen atoms in total. The van der Waals surface area contributed by atoms with E-state index in [0.717, 1.165) is 29.2 Å². The third kappa shape index (κ3) is 3.28. The molecule has 0 aromatic carbocycles. The summed E-state index contributed by atoms with van der Waals surface area (Å²) in [6.07, 6.45) is 1.45. The van der Waals surface area contributed by atoms with Gasteiger partial charge in [-0.15, -0.1) is 11.3 Å². The first-order valence-electron chi connectivity index (χ1n) is 7.74. The summed E-state index contributed by atoms with van der Waals surface area (Å²) in [6, 6.07) is 0. The fourth-order valence-electron chi connectivity index (χ4n) is 3.05. The molecule has 2 aliphatic rings.